The van der Waals surface area contributed by atoms with E-state index >= 15 is 0 Å². The molecule has 22 heavy (non-hydrogen) atoms. The maximum Gasteiger partial charge on any atom is 0.282 e. The standard InChI is InChI=1S/C14H22N4O3S/c1-12-6-7-14(16-15-12)21-13-5-4-10-18(11-13)22(19,20)17-8-2-3-9-17/h6-7,13H,2-5,8-11H2,1H3. The monoisotopic (exact) mass is 326 g/mol. The summed E-state index contributed by atoms with van der Waals surface area (Å²) in [6, 6.07) is 3.61. The SMILES string of the molecule is Cc1ccc(OC2CCCN(S(=O)(=O)N3CCCC3)C2)nn1. The largest absolute Gasteiger partial charge is 0.472 e. The zero-order valence-corrected chi connectivity index (χ0v) is 13.6. The second-order valence-corrected chi connectivity index (χ2v) is 7.80. The molecule has 1 unspecified atom stereocenters. The molecule has 0 spiro atoms. The first kappa shape index (κ1) is 15.6. The highest BCUT2D eigenvalue weighted by Crippen LogP contribution is 2.22. The van der Waals surface area contributed by atoms with Gasteiger partial charge in [0.05, 0.1) is 12.2 Å². The molecule has 0 N–H and O–H groups in total. The quantitative estimate of drug-likeness (QED) is 0.824. The van der Waals surface area contributed by atoms with Gasteiger partial charge in [-0.05, 0) is 38.7 Å². The molecule has 2 saturated heterocycles. The first-order valence-corrected chi connectivity index (χ1v) is 9.17. The van der Waals surface area contributed by atoms with Crippen molar-refractivity contribution in [1.29, 1.82) is 0 Å². The van der Waals surface area contributed by atoms with Gasteiger partial charge in [0, 0.05) is 25.7 Å². The normalized spacial score (nSPS) is 24.5. The van der Waals surface area contributed by atoms with Crippen molar-refractivity contribution in [2.45, 2.75) is 38.7 Å². The van der Waals surface area contributed by atoms with Gasteiger partial charge in [0.15, 0.2) is 0 Å². The molecule has 0 saturated carbocycles. The Hall–Kier alpha value is -1.25. The molecular weight excluding hydrogens is 304 g/mol. The molecule has 1 aromatic heterocycles. The van der Waals surface area contributed by atoms with Crippen LogP contribution in [0.4, 0.5) is 0 Å². The molecule has 8 heteroatoms. The lowest BCUT2D eigenvalue weighted by Crippen LogP contribution is -2.49. The number of rotatable bonds is 4. The Morgan fingerprint density at radius 1 is 1.09 bits per heavy atom. The van der Waals surface area contributed by atoms with Crippen molar-refractivity contribution in [1.82, 2.24) is 18.8 Å². The minimum Gasteiger partial charge on any atom is -0.472 e. The van der Waals surface area contributed by atoms with Crippen molar-refractivity contribution < 1.29 is 13.2 Å². The predicted octanol–water partition coefficient (Wildman–Crippen LogP) is 0.969. The van der Waals surface area contributed by atoms with Crippen LogP contribution in [0.25, 0.3) is 0 Å². The molecule has 3 heterocycles. The van der Waals surface area contributed by atoms with E-state index in [0.29, 0.717) is 32.1 Å². The van der Waals surface area contributed by atoms with E-state index in [-0.39, 0.29) is 6.10 Å². The van der Waals surface area contributed by atoms with E-state index in [2.05, 4.69) is 10.2 Å². The number of hydrogen-bond donors (Lipinski definition) is 0. The molecule has 2 aliphatic rings. The van der Waals surface area contributed by atoms with Crippen molar-refractivity contribution in [3.63, 3.8) is 0 Å². The molecule has 0 aliphatic carbocycles. The highest BCUT2D eigenvalue weighted by Gasteiger charge is 2.35. The second kappa shape index (κ2) is 6.47. The van der Waals surface area contributed by atoms with Crippen LogP contribution in [-0.4, -0.2) is 59.5 Å². The first-order valence-electron chi connectivity index (χ1n) is 7.78. The van der Waals surface area contributed by atoms with Crippen LogP contribution in [0.3, 0.4) is 0 Å². The van der Waals surface area contributed by atoms with Gasteiger partial charge in [-0.3, -0.25) is 0 Å². The van der Waals surface area contributed by atoms with Crippen molar-refractivity contribution in [3.05, 3.63) is 17.8 Å². The Bertz CT molecular complexity index is 599. The fourth-order valence-corrected chi connectivity index (χ4v) is 4.67. The summed E-state index contributed by atoms with van der Waals surface area (Å²) in [5.41, 5.74) is 0.828. The number of nitrogens with zero attached hydrogens (tertiary/aromatic N) is 4. The Labute approximate surface area is 131 Å². The third kappa shape index (κ3) is 3.39. The van der Waals surface area contributed by atoms with Crippen LogP contribution in [0.5, 0.6) is 5.88 Å². The minimum absolute atomic E-state index is 0.164. The summed E-state index contributed by atoms with van der Waals surface area (Å²) < 4.78 is 34.1. The van der Waals surface area contributed by atoms with E-state index < -0.39 is 10.2 Å². The highest BCUT2D eigenvalue weighted by molar-refractivity contribution is 7.86. The number of piperidine rings is 1. The Morgan fingerprint density at radius 3 is 2.50 bits per heavy atom. The molecular formula is C14H22N4O3S. The fraction of sp³-hybridized carbons (Fsp3) is 0.714. The summed E-state index contributed by atoms with van der Waals surface area (Å²) in [4.78, 5) is 0. The summed E-state index contributed by atoms with van der Waals surface area (Å²) in [6.07, 6.45) is 3.37. The van der Waals surface area contributed by atoms with Gasteiger partial charge in [0.25, 0.3) is 10.2 Å². The number of ether oxygens (including phenoxy) is 1. The molecule has 7 nitrogen and oxygen atoms in total. The molecule has 0 aromatic carbocycles. The van der Waals surface area contributed by atoms with Gasteiger partial charge in [-0.25, -0.2) is 0 Å². The van der Waals surface area contributed by atoms with Crippen LogP contribution in [0.2, 0.25) is 0 Å². The minimum atomic E-state index is -3.34. The third-order valence-corrected chi connectivity index (χ3v) is 6.12. The molecule has 1 atom stereocenters. The molecule has 0 radical (unpaired) electrons. The fourth-order valence-electron chi connectivity index (χ4n) is 2.91. The van der Waals surface area contributed by atoms with Crippen molar-refractivity contribution in [2.75, 3.05) is 26.2 Å². The van der Waals surface area contributed by atoms with Crippen LogP contribution >= 0.6 is 0 Å². The Balaban J connectivity index is 1.65. The molecule has 122 valence electrons. The first-order chi connectivity index (χ1) is 10.6. The Morgan fingerprint density at radius 2 is 1.82 bits per heavy atom. The van der Waals surface area contributed by atoms with E-state index in [9.17, 15) is 8.42 Å². The van der Waals surface area contributed by atoms with Crippen LogP contribution in [0.1, 0.15) is 31.4 Å². The summed E-state index contributed by atoms with van der Waals surface area (Å²) in [6.45, 7) is 4.08. The summed E-state index contributed by atoms with van der Waals surface area (Å²) in [5, 5.41) is 7.95. The average molecular weight is 326 g/mol. The van der Waals surface area contributed by atoms with E-state index in [0.717, 1.165) is 31.4 Å². The molecule has 1 aromatic rings. The molecule has 0 bridgehead atoms. The Kier molecular flexibility index (Phi) is 4.60. The van der Waals surface area contributed by atoms with Crippen LogP contribution in [0, 0.1) is 6.92 Å². The predicted molar refractivity (Wildman–Crippen MR) is 81.7 cm³/mol. The number of aromatic nitrogens is 2. The number of hydrogen-bond acceptors (Lipinski definition) is 5. The average Bonchev–Trinajstić information content (AvgIpc) is 3.05. The smallest absolute Gasteiger partial charge is 0.282 e. The van der Waals surface area contributed by atoms with Gasteiger partial charge in [-0.15, -0.1) is 5.10 Å². The zero-order valence-electron chi connectivity index (χ0n) is 12.8. The van der Waals surface area contributed by atoms with E-state index in [1.165, 1.54) is 0 Å². The highest BCUT2D eigenvalue weighted by atomic mass is 32.2. The lowest BCUT2D eigenvalue weighted by molar-refractivity contribution is 0.120. The number of aryl methyl sites for hydroxylation is 1. The van der Waals surface area contributed by atoms with Gasteiger partial charge in [0.2, 0.25) is 5.88 Å². The van der Waals surface area contributed by atoms with Gasteiger partial charge in [0.1, 0.15) is 6.10 Å². The zero-order chi connectivity index (χ0) is 15.6. The third-order valence-electron chi connectivity index (χ3n) is 4.12. The maximum absolute atomic E-state index is 12.6. The van der Waals surface area contributed by atoms with Crippen molar-refractivity contribution in [2.24, 2.45) is 0 Å². The van der Waals surface area contributed by atoms with E-state index in [1.807, 2.05) is 13.0 Å². The second-order valence-electron chi connectivity index (χ2n) is 5.87. The summed E-state index contributed by atoms with van der Waals surface area (Å²) in [5.74, 6) is 0.455. The topological polar surface area (TPSA) is 75.6 Å². The lowest BCUT2D eigenvalue weighted by Gasteiger charge is -2.34. The summed E-state index contributed by atoms with van der Waals surface area (Å²) in [7, 11) is -3.34. The van der Waals surface area contributed by atoms with Gasteiger partial charge in [-0.1, -0.05) is 0 Å². The summed E-state index contributed by atoms with van der Waals surface area (Å²) >= 11 is 0. The van der Waals surface area contributed by atoms with Crippen LogP contribution < -0.4 is 4.74 Å². The molecule has 2 fully saturated rings. The maximum atomic E-state index is 12.6. The van der Waals surface area contributed by atoms with Crippen LogP contribution in [0.15, 0.2) is 12.1 Å². The van der Waals surface area contributed by atoms with Gasteiger partial charge >= 0.3 is 0 Å². The van der Waals surface area contributed by atoms with Gasteiger partial charge < -0.3 is 4.74 Å². The van der Waals surface area contributed by atoms with Crippen LogP contribution in [-0.2, 0) is 10.2 Å². The lowest BCUT2D eigenvalue weighted by atomic mass is 10.1. The molecule has 3 rings (SSSR count). The molecule has 2 aliphatic heterocycles. The van der Waals surface area contributed by atoms with Crippen molar-refractivity contribution in [3.8, 4) is 5.88 Å². The van der Waals surface area contributed by atoms with Crippen molar-refractivity contribution >= 4 is 10.2 Å². The van der Waals surface area contributed by atoms with E-state index in [1.54, 1.807) is 14.7 Å². The van der Waals surface area contributed by atoms with Gasteiger partial charge in [-0.2, -0.15) is 22.1 Å². The van der Waals surface area contributed by atoms with E-state index in [4.69, 9.17) is 4.74 Å². The molecule has 0 amide bonds.